The lowest BCUT2D eigenvalue weighted by molar-refractivity contribution is -0.235. The Kier molecular flexibility index (Phi) is 4.28. The maximum Gasteiger partial charge on any atom is 0.312 e. The molecule has 0 radical (unpaired) electrons. The zero-order valence-electron chi connectivity index (χ0n) is 16.6. The minimum Gasteiger partial charge on any atom is -0.481 e. The number of rotatable bonds is 2. The van der Waals surface area contributed by atoms with Crippen LogP contribution in [0.2, 0.25) is 0 Å². The average Bonchev–Trinajstić information content (AvgIpc) is 2.91. The average molecular weight is 365 g/mol. The van der Waals surface area contributed by atoms with Crippen molar-refractivity contribution in [1.29, 1.82) is 0 Å². The predicted molar refractivity (Wildman–Crippen MR) is 99.5 cm³/mol. The van der Waals surface area contributed by atoms with Gasteiger partial charge in [0.2, 0.25) is 0 Å². The molecule has 8 atom stereocenters. The molecule has 4 nitrogen and oxygen atoms in total. The molecular weight excluding hydrogens is 328 g/mol. The minimum atomic E-state index is -1.23. The molecule has 4 aliphatic carbocycles. The summed E-state index contributed by atoms with van der Waals surface area (Å²) in [6, 6.07) is 0. The molecule has 148 valence electrons. The van der Waals surface area contributed by atoms with E-state index < -0.39 is 23.1 Å². The van der Waals surface area contributed by atoms with Crippen LogP contribution in [-0.2, 0) is 4.79 Å². The van der Waals surface area contributed by atoms with Crippen LogP contribution in [-0.4, -0.2) is 33.0 Å². The van der Waals surface area contributed by atoms with Gasteiger partial charge in [-0.25, -0.2) is 0 Å². The Morgan fingerprint density at radius 2 is 1.73 bits per heavy atom. The minimum absolute atomic E-state index is 0.0650. The molecule has 0 aliphatic heterocycles. The Morgan fingerprint density at radius 1 is 1.00 bits per heavy atom. The lowest BCUT2D eigenvalue weighted by atomic mass is 9.42. The van der Waals surface area contributed by atoms with Crippen molar-refractivity contribution in [2.45, 2.75) is 90.3 Å². The Morgan fingerprint density at radius 3 is 2.38 bits per heavy atom. The number of hydrogen-bond acceptors (Lipinski definition) is 3. The van der Waals surface area contributed by atoms with Gasteiger partial charge in [0.15, 0.2) is 0 Å². The maximum absolute atomic E-state index is 12.6. The van der Waals surface area contributed by atoms with Gasteiger partial charge >= 0.3 is 5.97 Å². The molecule has 0 unspecified atom stereocenters. The summed E-state index contributed by atoms with van der Waals surface area (Å²) in [5, 5.41) is 31.9. The molecule has 0 amide bonds. The zero-order chi connectivity index (χ0) is 18.9. The van der Waals surface area contributed by atoms with Crippen LogP contribution in [0.25, 0.3) is 0 Å². The Hall–Kier alpha value is -0.610. The first-order valence-electron chi connectivity index (χ1n) is 10.8. The van der Waals surface area contributed by atoms with Crippen LogP contribution in [0.4, 0.5) is 0 Å². The van der Waals surface area contributed by atoms with Gasteiger partial charge in [0.05, 0.1) is 17.1 Å². The van der Waals surface area contributed by atoms with E-state index >= 15 is 0 Å². The summed E-state index contributed by atoms with van der Waals surface area (Å²) in [7, 11) is 0. The van der Waals surface area contributed by atoms with E-state index in [4.69, 9.17) is 0 Å². The molecule has 26 heavy (non-hydrogen) atoms. The fourth-order valence-corrected chi connectivity index (χ4v) is 8.46. The molecule has 0 aromatic carbocycles. The molecule has 0 bridgehead atoms. The normalized spacial score (nSPS) is 53.7. The summed E-state index contributed by atoms with van der Waals surface area (Å²) in [5.74, 6) is 1.69. The molecule has 4 fully saturated rings. The topological polar surface area (TPSA) is 77.8 Å². The highest BCUT2D eigenvalue weighted by atomic mass is 16.4. The maximum atomic E-state index is 12.6. The van der Waals surface area contributed by atoms with Crippen LogP contribution < -0.4 is 0 Å². The Labute approximate surface area is 157 Å². The third-order valence-corrected chi connectivity index (χ3v) is 9.50. The Balaban J connectivity index is 1.71. The highest BCUT2D eigenvalue weighted by Crippen LogP contribution is 2.69. The largest absolute Gasteiger partial charge is 0.481 e. The van der Waals surface area contributed by atoms with Gasteiger partial charge in [-0.2, -0.15) is 0 Å². The van der Waals surface area contributed by atoms with Gasteiger partial charge in [-0.15, -0.1) is 0 Å². The Bertz CT molecular complexity index is 589. The van der Waals surface area contributed by atoms with Crippen molar-refractivity contribution in [3.8, 4) is 0 Å². The van der Waals surface area contributed by atoms with Crippen molar-refractivity contribution in [2.75, 3.05) is 0 Å². The summed E-state index contributed by atoms with van der Waals surface area (Å²) < 4.78 is 0. The van der Waals surface area contributed by atoms with E-state index in [0.29, 0.717) is 42.4 Å². The summed E-state index contributed by atoms with van der Waals surface area (Å²) >= 11 is 0. The van der Waals surface area contributed by atoms with Crippen LogP contribution in [0, 0.1) is 40.4 Å². The summed E-state index contributed by atoms with van der Waals surface area (Å²) in [6.07, 6.45) is 6.58. The second-order valence-corrected chi connectivity index (χ2v) is 10.6. The van der Waals surface area contributed by atoms with Crippen LogP contribution in [0.1, 0.15) is 78.6 Å². The lowest BCUT2D eigenvalue weighted by Gasteiger charge is -2.63. The fraction of sp³-hybridized carbons (Fsp3) is 0.955. The molecule has 0 spiro atoms. The van der Waals surface area contributed by atoms with E-state index in [9.17, 15) is 20.1 Å². The highest BCUT2D eigenvalue weighted by molar-refractivity contribution is 5.77. The molecule has 0 heterocycles. The number of aliphatic hydroxyl groups is 2. The number of carbonyl (C=O) groups is 1. The van der Waals surface area contributed by atoms with Gasteiger partial charge < -0.3 is 15.3 Å². The van der Waals surface area contributed by atoms with Crippen molar-refractivity contribution < 1.29 is 20.1 Å². The van der Waals surface area contributed by atoms with Gasteiger partial charge in [0.25, 0.3) is 0 Å². The molecular formula is C22H36O4. The van der Waals surface area contributed by atoms with Gasteiger partial charge in [-0.3, -0.25) is 4.79 Å². The molecule has 4 heteroatoms. The summed E-state index contributed by atoms with van der Waals surface area (Å²) in [5.41, 5.74) is -1.95. The third kappa shape index (κ3) is 2.24. The molecule has 4 rings (SSSR count). The van der Waals surface area contributed by atoms with Gasteiger partial charge in [-0.05, 0) is 86.4 Å². The van der Waals surface area contributed by atoms with Crippen molar-refractivity contribution >= 4 is 5.97 Å². The van der Waals surface area contributed by atoms with Gasteiger partial charge in [0.1, 0.15) is 0 Å². The molecule has 4 aliphatic rings. The molecule has 4 saturated carbocycles. The third-order valence-electron chi connectivity index (χ3n) is 9.50. The zero-order valence-corrected chi connectivity index (χ0v) is 16.6. The van der Waals surface area contributed by atoms with Crippen LogP contribution >= 0.6 is 0 Å². The molecule has 0 aromatic rings. The first-order valence-corrected chi connectivity index (χ1v) is 10.8. The second kappa shape index (κ2) is 5.94. The molecule has 3 N–H and O–H groups in total. The van der Waals surface area contributed by atoms with E-state index in [1.807, 2.05) is 0 Å². The van der Waals surface area contributed by atoms with Gasteiger partial charge in [0, 0.05) is 6.42 Å². The smallest absolute Gasteiger partial charge is 0.312 e. The first kappa shape index (κ1) is 18.7. The SMILES string of the molecule is CC(C)[C@H]1CC[C@H]2[C@H]3CC[C@]4(O)C[C@@H](O)CC[C@]4(C(=O)O)[C@H]3CC[C@]12C. The number of fused-ring (bicyclic) bond motifs is 5. The standard InChI is InChI=1S/C22H36O4/c1-13(2)16-4-5-17-15-7-10-21(26)12-14(23)6-11-22(21,19(24)25)18(15)8-9-20(16,17)3/h13-18,23,26H,4-12H2,1-3H3,(H,24,25)/t14-,15+,16+,17-,18-,20+,21-,22+/m0/s1. The fourth-order valence-electron chi connectivity index (χ4n) is 8.46. The van der Waals surface area contributed by atoms with Crippen LogP contribution in [0.3, 0.4) is 0 Å². The van der Waals surface area contributed by atoms with E-state index in [2.05, 4.69) is 20.8 Å². The van der Waals surface area contributed by atoms with Crippen molar-refractivity contribution in [1.82, 2.24) is 0 Å². The van der Waals surface area contributed by atoms with E-state index in [1.54, 1.807) is 0 Å². The number of aliphatic hydroxyl groups excluding tert-OH is 1. The van der Waals surface area contributed by atoms with Crippen molar-refractivity contribution in [2.24, 2.45) is 40.4 Å². The van der Waals surface area contributed by atoms with E-state index in [1.165, 1.54) is 12.8 Å². The van der Waals surface area contributed by atoms with Crippen LogP contribution in [0.5, 0.6) is 0 Å². The first-order chi connectivity index (χ1) is 12.2. The molecule has 0 saturated heterocycles. The number of aliphatic carboxylic acids is 1. The highest BCUT2D eigenvalue weighted by Gasteiger charge is 2.69. The number of carboxylic acids is 1. The second-order valence-electron chi connectivity index (χ2n) is 10.6. The van der Waals surface area contributed by atoms with E-state index in [-0.39, 0.29) is 12.3 Å². The summed E-state index contributed by atoms with van der Waals surface area (Å²) in [6.45, 7) is 7.14. The van der Waals surface area contributed by atoms with Crippen LogP contribution in [0.15, 0.2) is 0 Å². The molecule has 0 aromatic heterocycles. The summed E-state index contributed by atoms with van der Waals surface area (Å²) in [4.78, 5) is 12.6. The van der Waals surface area contributed by atoms with Crippen molar-refractivity contribution in [3.05, 3.63) is 0 Å². The lowest BCUT2D eigenvalue weighted by Crippen LogP contribution is -2.67. The quantitative estimate of drug-likeness (QED) is 0.696. The van der Waals surface area contributed by atoms with Gasteiger partial charge in [-0.1, -0.05) is 20.8 Å². The van der Waals surface area contributed by atoms with Crippen molar-refractivity contribution in [3.63, 3.8) is 0 Å². The predicted octanol–water partition coefficient (Wildman–Crippen LogP) is 3.84. The number of carboxylic acid groups (broad SMARTS) is 1. The monoisotopic (exact) mass is 364 g/mol. The van der Waals surface area contributed by atoms with E-state index in [0.717, 1.165) is 25.2 Å². The number of hydrogen-bond donors (Lipinski definition) is 3.